The number of fused-ring (bicyclic) bond motifs is 3. The highest BCUT2D eigenvalue weighted by atomic mass is 19.1. The zero-order valence-electron chi connectivity index (χ0n) is 15.1. The summed E-state index contributed by atoms with van der Waals surface area (Å²) < 4.78 is 18.9. The van der Waals surface area contributed by atoms with Gasteiger partial charge in [0.25, 0.3) is 5.91 Å². The van der Waals surface area contributed by atoms with Crippen molar-refractivity contribution in [3.63, 3.8) is 0 Å². The lowest BCUT2D eigenvalue weighted by Gasteiger charge is -2.14. The van der Waals surface area contributed by atoms with Crippen LogP contribution in [0.3, 0.4) is 0 Å². The monoisotopic (exact) mass is 400 g/mol. The van der Waals surface area contributed by atoms with Crippen molar-refractivity contribution in [1.82, 2.24) is 9.88 Å². The van der Waals surface area contributed by atoms with Crippen molar-refractivity contribution >= 4 is 45.6 Å². The summed E-state index contributed by atoms with van der Waals surface area (Å²) in [5.74, 6) is -3.36. The Morgan fingerprint density at radius 2 is 1.55 bits per heavy atom. The number of hydrogen-bond acceptors (Lipinski definition) is 5. The molecule has 29 heavy (non-hydrogen) atoms. The van der Waals surface area contributed by atoms with Crippen LogP contribution in [0, 0.1) is 0 Å². The predicted octanol–water partition coefficient (Wildman–Crippen LogP) is 2.28. The van der Waals surface area contributed by atoms with Gasteiger partial charge in [-0.15, -0.1) is 0 Å². The van der Waals surface area contributed by atoms with E-state index in [0.717, 1.165) is 10.8 Å². The first-order chi connectivity index (χ1) is 13.9. The van der Waals surface area contributed by atoms with Gasteiger partial charge in [-0.2, -0.15) is 0 Å². The Balaban J connectivity index is 1.76. The van der Waals surface area contributed by atoms with Crippen LogP contribution < -0.4 is 5.32 Å². The van der Waals surface area contributed by atoms with E-state index in [4.69, 9.17) is 9.84 Å². The third-order valence-electron chi connectivity index (χ3n) is 4.32. The van der Waals surface area contributed by atoms with Crippen LogP contribution in [0.15, 0.2) is 48.5 Å². The van der Waals surface area contributed by atoms with Crippen molar-refractivity contribution in [2.45, 2.75) is 12.5 Å². The maximum Gasteiger partial charge on any atom is 0.419 e. The molecule has 0 saturated heterocycles. The zero-order chi connectivity index (χ0) is 21.0. The van der Waals surface area contributed by atoms with Gasteiger partial charge in [-0.3, -0.25) is 14.4 Å². The number of carboxylic acids is 1. The Kier molecular flexibility index (Phi) is 5.87. The third-order valence-corrected chi connectivity index (χ3v) is 4.32. The van der Waals surface area contributed by atoms with Gasteiger partial charge in [0, 0.05) is 10.8 Å². The van der Waals surface area contributed by atoms with Crippen molar-refractivity contribution in [3.8, 4) is 0 Å². The third kappa shape index (κ3) is 4.23. The molecule has 0 bridgehead atoms. The van der Waals surface area contributed by atoms with Crippen LogP contribution in [-0.2, 0) is 19.1 Å². The van der Waals surface area contributed by atoms with Crippen molar-refractivity contribution in [1.29, 1.82) is 0 Å². The van der Waals surface area contributed by atoms with Crippen LogP contribution in [-0.4, -0.2) is 52.7 Å². The largest absolute Gasteiger partial charge is 0.481 e. The summed E-state index contributed by atoms with van der Waals surface area (Å²) in [6, 6.07) is 12.8. The van der Waals surface area contributed by atoms with Gasteiger partial charge < -0.3 is 15.2 Å². The summed E-state index contributed by atoms with van der Waals surface area (Å²) in [6.45, 7) is -2.17. The summed E-state index contributed by atoms with van der Waals surface area (Å²) >= 11 is 0. The SMILES string of the molecule is O=C(O)CC(NC(=O)COC(=O)n1c2ccccc2c2ccccc21)C(=O)CF. The number of nitrogens with one attached hydrogen (secondary N) is 1. The second kappa shape index (κ2) is 8.51. The summed E-state index contributed by atoms with van der Waals surface area (Å²) in [5, 5.41) is 12.5. The summed E-state index contributed by atoms with van der Waals surface area (Å²) in [4.78, 5) is 46.8. The number of amides is 1. The van der Waals surface area contributed by atoms with Crippen LogP contribution in [0.25, 0.3) is 21.8 Å². The predicted molar refractivity (Wildman–Crippen MR) is 101 cm³/mol. The highest BCUT2D eigenvalue weighted by Crippen LogP contribution is 2.28. The fourth-order valence-corrected chi connectivity index (χ4v) is 3.06. The Hall–Kier alpha value is -3.75. The van der Waals surface area contributed by atoms with E-state index < -0.39 is 49.5 Å². The molecule has 150 valence electrons. The number of halogens is 1. The Labute approximate surface area is 163 Å². The number of para-hydroxylation sites is 2. The minimum Gasteiger partial charge on any atom is -0.481 e. The Bertz CT molecular complexity index is 1050. The lowest BCUT2D eigenvalue weighted by Crippen LogP contribution is -2.44. The minimum absolute atomic E-state index is 0.593. The number of ketones is 1. The van der Waals surface area contributed by atoms with E-state index in [-0.39, 0.29) is 0 Å². The van der Waals surface area contributed by atoms with Gasteiger partial charge in [-0.1, -0.05) is 36.4 Å². The number of aliphatic carboxylic acids is 1. The molecular formula is C20H17FN2O6. The average molecular weight is 400 g/mol. The van der Waals surface area contributed by atoms with E-state index in [2.05, 4.69) is 5.32 Å². The topological polar surface area (TPSA) is 115 Å². The van der Waals surface area contributed by atoms with Crippen molar-refractivity contribution in [2.24, 2.45) is 0 Å². The van der Waals surface area contributed by atoms with E-state index >= 15 is 0 Å². The van der Waals surface area contributed by atoms with Crippen LogP contribution >= 0.6 is 0 Å². The number of Topliss-reactive ketones (excluding diaryl/α,β-unsaturated/α-hetero) is 1. The standard InChI is InChI=1S/C20H17FN2O6/c21-10-17(24)14(9-19(26)27)22-18(25)11-29-20(28)23-15-7-3-1-5-12(15)13-6-2-4-8-16(13)23/h1-8,14H,9-11H2,(H,22,25)(H,26,27). The van der Waals surface area contributed by atoms with E-state index in [1.807, 2.05) is 24.3 Å². The molecule has 0 aliphatic rings. The molecule has 8 nitrogen and oxygen atoms in total. The second-order valence-corrected chi connectivity index (χ2v) is 6.24. The van der Waals surface area contributed by atoms with Gasteiger partial charge >= 0.3 is 12.1 Å². The second-order valence-electron chi connectivity index (χ2n) is 6.24. The van der Waals surface area contributed by atoms with Crippen molar-refractivity contribution < 1.29 is 33.4 Å². The van der Waals surface area contributed by atoms with Gasteiger partial charge in [0.15, 0.2) is 12.4 Å². The number of carboxylic acid groups (broad SMARTS) is 1. The first kappa shape index (κ1) is 20.0. The van der Waals surface area contributed by atoms with Crippen molar-refractivity contribution in [2.75, 3.05) is 13.3 Å². The number of hydrogen-bond donors (Lipinski definition) is 2. The molecule has 2 N–H and O–H groups in total. The number of alkyl halides is 1. The molecule has 3 rings (SSSR count). The minimum atomic E-state index is -1.53. The molecule has 2 aromatic carbocycles. The number of carbonyl (C=O) groups excluding carboxylic acids is 3. The van der Waals surface area contributed by atoms with Crippen molar-refractivity contribution in [3.05, 3.63) is 48.5 Å². The van der Waals surface area contributed by atoms with E-state index in [1.165, 1.54) is 4.57 Å². The Morgan fingerprint density at radius 3 is 2.07 bits per heavy atom. The van der Waals surface area contributed by atoms with Gasteiger partial charge in [-0.25, -0.2) is 13.8 Å². The molecule has 0 saturated carbocycles. The summed E-state index contributed by atoms with van der Waals surface area (Å²) in [6.07, 6.45) is -1.58. The molecule has 0 radical (unpaired) electrons. The van der Waals surface area contributed by atoms with Crippen LogP contribution in [0.1, 0.15) is 6.42 Å². The summed E-state index contributed by atoms with van der Waals surface area (Å²) in [7, 11) is 0. The number of rotatable bonds is 7. The lowest BCUT2D eigenvalue weighted by molar-refractivity contribution is -0.140. The fraction of sp³-hybridized carbons (Fsp3) is 0.200. The molecule has 0 aliphatic heterocycles. The Morgan fingerprint density at radius 1 is 1.00 bits per heavy atom. The average Bonchev–Trinajstić information content (AvgIpc) is 3.05. The number of ether oxygens (including phenoxy) is 1. The molecule has 1 aromatic heterocycles. The molecule has 1 unspecified atom stereocenters. The molecule has 1 atom stereocenters. The number of carbonyl (C=O) groups is 4. The lowest BCUT2D eigenvalue weighted by atomic mass is 10.1. The highest BCUT2D eigenvalue weighted by Gasteiger charge is 2.24. The molecule has 0 aliphatic carbocycles. The molecule has 0 spiro atoms. The number of benzene rings is 2. The number of aromatic nitrogens is 1. The van der Waals surface area contributed by atoms with Gasteiger partial charge in [0.2, 0.25) is 0 Å². The molecule has 3 aromatic rings. The van der Waals surface area contributed by atoms with Crippen LogP contribution in [0.4, 0.5) is 9.18 Å². The molecule has 1 heterocycles. The quantitative estimate of drug-likeness (QED) is 0.629. The highest BCUT2D eigenvalue weighted by molar-refractivity contribution is 6.12. The normalized spacial score (nSPS) is 11.9. The van der Waals surface area contributed by atoms with Gasteiger partial charge in [-0.05, 0) is 12.1 Å². The van der Waals surface area contributed by atoms with E-state index in [1.54, 1.807) is 24.3 Å². The molecular weight excluding hydrogens is 383 g/mol. The maximum absolute atomic E-state index is 12.6. The molecule has 0 fully saturated rings. The number of nitrogens with zero attached hydrogens (tertiary/aromatic N) is 1. The molecule has 1 amide bonds. The van der Waals surface area contributed by atoms with Crippen LogP contribution in [0.5, 0.6) is 0 Å². The fourth-order valence-electron chi connectivity index (χ4n) is 3.06. The van der Waals surface area contributed by atoms with Gasteiger partial charge in [0.1, 0.15) is 12.7 Å². The van der Waals surface area contributed by atoms with Gasteiger partial charge in [0.05, 0.1) is 17.5 Å². The molecule has 9 heteroatoms. The first-order valence-electron chi connectivity index (χ1n) is 8.67. The van der Waals surface area contributed by atoms with Crippen LogP contribution in [0.2, 0.25) is 0 Å². The smallest absolute Gasteiger partial charge is 0.419 e. The first-order valence-corrected chi connectivity index (χ1v) is 8.67. The maximum atomic E-state index is 12.6. The van der Waals surface area contributed by atoms with E-state index in [9.17, 15) is 23.6 Å². The summed E-state index contributed by atoms with van der Waals surface area (Å²) in [5.41, 5.74) is 1.19. The zero-order valence-corrected chi connectivity index (χ0v) is 15.1. The van der Waals surface area contributed by atoms with E-state index in [0.29, 0.717) is 11.0 Å².